The fourth-order valence-corrected chi connectivity index (χ4v) is 2.39. The number of aryl methyl sites for hydroxylation is 1. The molecule has 0 spiro atoms. The van der Waals surface area contributed by atoms with Crippen LogP contribution in [0.3, 0.4) is 0 Å². The van der Waals surface area contributed by atoms with Gasteiger partial charge in [-0.2, -0.15) is 4.57 Å². The number of nitrogens with zero attached hydrogens (tertiary/aromatic N) is 1. The minimum atomic E-state index is 0. The predicted octanol–water partition coefficient (Wildman–Crippen LogP) is 0.438. The van der Waals surface area contributed by atoms with Gasteiger partial charge in [0.1, 0.15) is 5.75 Å². The number of hydrogen-bond donors (Lipinski definition) is 0. The van der Waals surface area contributed by atoms with Crippen LogP contribution in [0.5, 0.6) is 5.75 Å². The van der Waals surface area contributed by atoms with Gasteiger partial charge in [0.2, 0.25) is 5.69 Å². The molecule has 3 rings (SSSR count). The van der Waals surface area contributed by atoms with Gasteiger partial charge >= 0.3 is 0 Å². The zero-order valence-electron chi connectivity index (χ0n) is 11.5. The summed E-state index contributed by atoms with van der Waals surface area (Å²) in [6.45, 7) is 2.15. The number of aromatic nitrogens is 1. The van der Waals surface area contributed by atoms with Crippen LogP contribution in [-0.4, -0.2) is 7.11 Å². The molecule has 0 aliphatic carbocycles. The maximum atomic E-state index is 5.20. The van der Waals surface area contributed by atoms with E-state index in [-0.39, 0.29) is 24.0 Å². The Morgan fingerprint density at radius 1 is 0.900 bits per heavy atom. The molecule has 0 amide bonds. The minimum Gasteiger partial charge on any atom is -1.00 e. The number of methoxy groups -OCH3 is 1. The number of fused-ring (bicyclic) bond motifs is 1. The van der Waals surface area contributed by atoms with Crippen molar-refractivity contribution in [2.24, 2.45) is 0 Å². The van der Waals surface area contributed by atoms with Gasteiger partial charge < -0.3 is 28.7 Å². The lowest BCUT2D eigenvalue weighted by Gasteiger charge is -2.04. The highest BCUT2D eigenvalue weighted by Gasteiger charge is 2.13. The van der Waals surface area contributed by atoms with E-state index >= 15 is 0 Å². The van der Waals surface area contributed by atoms with Crippen LogP contribution in [0, 0.1) is 6.92 Å². The lowest BCUT2D eigenvalue weighted by atomic mass is 10.1. The molecule has 20 heavy (non-hydrogen) atoms. The third-order valence-corrected chi connectivity index (χ3v) is 3.47. The smallest absolute Gasteiger partial charge is 0.211 e. The van der Waals surface area contributed by atoms with Crippen molar-refractivity contribution in [3.8, 4) is 11.4 Å². The van der Waals surface area contributed by atoms with Crippen molar-refractivity contribution < 1.29 is 33.3 Å². The van der Waals surface area contributed by atoms with Gasteiger partial charge in [-0.25, -0.2) is 0 Å². The van der Waals surface area contributed by atoms with Crippen LogP contribution in [0.15, 0.2) is 60.8 Å². The van der Waals surface area contributed by atoms with Crippen molar-refractivity contribution in [1.29, 1.82) is 0 Å². The first-order chi connectivity index (χ1) is 9.29. The quantitative estimate of drug-likeness (QED) is 0.467. The highest BCUT2D eigenvalue weighted by atomic mass is 127. The van der Waals surface area contributed by atoms with Gasteiger partial charge in [-0.05, 0) is 23.6 Å². The second kappa shape index (κ2) is 6.22. The van der Waals surface area contributed by atoms with Gasteiger partial charge in [0.05, 0.1) is 7.11 Å². The van der Waals surface area contributed by atoms with Gasteiger partial charge in [0.25, 0.3) is 0 Å². The van der Waals surface area contributed by atoms with Crippen LogP contribution in [0.2, 0.25) is 0 Å². The first kappa shape index (κ1) is 14.8. The topological polar surface area (TPSA) is 13.1 Å². The summed E-state index contributed by atoms with van der Waals surface area (Å²) >= 11 is 0. The first-order valence-corrected chi connectivity index (χ1v) is 6.34. The van der Waals surface area contributed by atoms with Gasteiger partial charge in [0.15, 0.2) is 11.9 Å². The second-order valence-corrected chi connectivity index (χ2v) is 4.56. The summed E-state index contributed by atoms with van der Waals surface area (Å²) < 4.78 is 7.39. The summed E-state index contributed by atoms with van der Waals surface area (Å²) in [6, 6.07) is 18.7. The molecule has 102 valence electrons. The van der Waals surface area contributed by atoms with Crippen molar-refractivity contribution in [3.05, 3.63) is 66.5 Å². The van der Waals surface area contributed by atoms with Crippen LogP contribution < -0.4 is 33.3 Å². The highest BCUT2D eigenvalue weighted by molar-refractivity contribution is 5.83. The molecule has 2 nitrogen and oxygen atoms in total. The zero-order chi connectivity index (χ0) is 13.2. The molecule has 0 bridgehead atoms. The van der Waals surface area contributed by atoms with E-state index in [1.165, 1.54) is 16.5 Å². The number of pyridine rings is 1. The first-order valence-electron chi connectivity index (χ1n) is 6.34. The molecule has 0 saturated carbocycles. The molecular weight excluding hydrogens is 361 g/mol. The maximum Gasteiger partial charge on any atom is 0.211 e. The Balaban J connectivity index is 0.00000147. The Morgan fingerprint density at radius 2 is 1.60 bits per heavy atom. The molecule has 3 aromatic rings. The molecule has 2 aromatic carbocycles. The summed E-state index contributed by atoms with van der Waals surface area (Å²) in [7, 11) is 1.68. The predicted molar refractivity (Wildman–Crippen MR) is 76.8 cm³/mol. The van der Waals surface area contributed by atoms with Crippen LogP contribution >= 0.6 is 0 Å². The number of benzene rings is 2. The number of hydrogen-bond acceptors (Lipinski definition) is 1. The monoisotopic (exact) mass is 377 g/mol. The normalized spacial score (nSPS) is 10.1. The van der Waals surface area contributed by atoms with Crippen LogP contribution in [0.1, 0.15) is 5.69 Å². The van der Waals surface area contributed by atoms with E-state index in [9.17, 15) is 0 Å². The molecule has 1 heterocycles. The Bertz CT molecular complexity index is 723. The summed E-state index contributed by atoms with van der Waals surface area (Å²) in [5.41, 5.74) is 2.38. The van der Waals surface area contributed by atoms with Gasteiger partial charge in [-0.1, -0.05) is 18.2 Å². The molecular formula is C17H16INO. The SMILES string of the molecule is COc1ccc(-[n+]2ccc3ccccc3c2C)cc1.[I-]. The summed E-state index contributed by atoms with van der Waals surface area (Å²) in [5, 5.41) is 2.55. The molecule has 0 N–H and O–H groups in total. The largest absolute Gasteiger partial charge is 1.00 e. The van der Waals surface area contributed by atoms with Gasteiger partial charge in [-0.15, -0.1) is 0 Å². The van der Waals surface area contributed by atoms with Crippen molar-refractivity contribution in [3.63, 3.8) is 0 Å². The average molecular weight is 377 g/mol. The third-order valence-electron chi connectivity index (χ3n) is 3.47. The summed E-state index contributed by atoms with van der Waals surface area (Å²) in [4.78, 5) is 0. The van der Waals surface area contributed by atoms with Gasteiger partial charge in [-0.3, -0.25) is 0 Å². The molecule has 0 radical (unpaired) electrons. The van der Waals surface area contributed by atoms with Crippen LogP contribution in [0.4, 0.5) is 0 Å². The minimum absolute atomic E-state index is 0. The summed E-state index contributed by atoms with van der Waals surface area (Å²) in [6.07, 6.45) is 2.11. The maximum absolute atomic E-state index is 5.20. The Labute approximate surface area is 136 Å². The molecule has 0 atom stereocenters. The van der Waals surface area contributed by atoms with E-state index in [1.807, 2.05) is 12.1 Å². The van der Waals surface area contributed by atoms with E-state index in [2.05, 4.69) is 60.2 Å². The molecule has 0 aliphatic heterocycles. The van der Waals surface area contributed by atoms with Crippen molar-refractivity contribution in [2.45, 2.75) is 6.92 Å². The van der Waals surface area contributed by atoms with E-state index in [4.69, 9.17) is 4.74 Å². The van der Waals surface area contributed by atoms with Crippen LogP contribution in [0.25, 0.3) is 16.5 Å². The molecule has 3 heteroatoms. The van der Waals surface area contributed by atoms with E-state index < -0.39 is 0 Å². The molecule has 1 aromatic heterocycles. The van der Waals surface area contributed by atoms with E-state index in [0.29, 0.717) is 0 Å². The molecule has 0 unspecified atom stereocenters. The van der Waals surface area contributed by atoms with E-state index in [1.54, 1.807) is 7.11 Å². The number of halogens is 1. The standard InChI is InChI=1S/C17H16NO.HI/c1-13-17-6-4-3-5-14(17)11-12-18(13)15-7-9-16(19-2)10-8-15;/h3-12H,1-2H3;1H/q+1;/p-1. The van der Waals surface area contributed by atoms with Gasteiger partial charge in [0, 0.05) is 30.5 Å². The third kappa shape index (κ3) is 2.63. The molecule has 0 saturated heterocycles. The zero-order valence-corrected chi connectivity index (χ0v) is 13.7. The van der Waals surface area contributed by atoms with Crippen molar-refractivity contribution in [1.82, 2.24) is 0 Å². The summed E-state index contributed by atoms with van der Waals surface area (Å²) in [5.74, 6) is 0.878. The fraction of sp³-hybridized carbons (Fsp3) is 0.118. The van der Waals surface area contributed by atoms with Crippen molar-refractivity contribution >= 4 is 10.8 Å². The van der Waals surface area contributed by atoms with E-state index in [0.717, 1.165) is 11.4 Å². The lowest BCUT2D eigenvalue weighted by molar-refractivity contribution is -0.601. The van der Waals surface area contributed by atoms with Crippen molar-refractivity contribution in [2.75, 3.05) is 7.11 Å². The second-order valence-electron chi connectivity index (χ2n) is 4.56. The molecule has 0 aliphatic rings. The Kier molecular flexibility index (Phi) is 4.60. The fourth-order valence-electron chi connectivity index (χ4n) is 2.39. The van der Waals surface area contributed by atoms with Crippen LogP contribution in [-0.2, 0) is 0 Å². The lowest BCUT2D eigenvalue weighted by Crippen LogP contribution is -3.00. The molecule has 0 fully saturated rings. The number of ether oxygens (including phenoxy) is 1. The average Bonchev–Trinajstić information content (AvgIpc) is 2.48. The Hall–Kier alpha value is -1.62. The highest BCUT2D eigenvalue weighted by Crippen LogP contribution is 2.17. The Morgan fingerprint density at radius 3 is 2.30 bits per heavy atom. The number of rotatable bonds is 2.